The minimum absolute atomic E-state index is 0.114. The molecule has 0 heterocycles. The van der Waals surface area contributed by atoms with Crippen LogP contribution in [0.1, 0.15) is 24.8 Å². The van der Waals surface area contributed by atoms with Crippen LogP contribution in [0.5, 0.6) is 0 Å². The summed E-state index contributed by atoms with van der Waals surface area (Å²) >= 11 is 0. The molecule has 0 radical (unpaired) electrons. The molecule has 0 aliphatic carbocycles. The highest BCUT2D eigenvalue weighted by Crippen LogP contribution is 2.03. The molecule has 0 aromatic heterocycles. The molecule has 1 amide bonds. The third-order valence-electron chi connectivity index (χ3n) is 3.31. The predicted molar refractivity (Wildman–Crippen MR) is 87.2 cm³/mol. The molecule has 0 spiro atoms. The van der Waals surface area contributed by atoms with Gasteiger partial charge in [0.25, 0.3) is 0 Å². The summed E-state index contributed by atoms with van der Waals surface area (Å²) in [5, 5.41) is 8.67. The summed E-state index contributed by atoms with van der Waals surface area (Å²) in [6, 6.07) is 12.4. The molecule has 0 N–H and O–H groups in total. The second-order valence-electron chi connectivity index (χ2n) is 5.03. The second-order valence-corrected chi connectivity index (χ2v) is 5.03. The van der Waals surface area contributed by atoms with Gasteiger partial charge in [0, 0.05) is 19.8 Å². The first-order valence-corrected chi connectivity index (χ1v) is 7.68. The van der Waals surface area contributed by atoms with Crippen LogP contribution in [-0.4, -0.2) is 37.1 Å². The number of aryl methyl sites for hydroxylation is 1. The molecule has 1 aromatic carbocycles. The van der Waals surface area contributed by atoms with E-state index in [2.05, 4.69) is 18.7 Å². The van der Waals surface area contributed by atoms with E-state index in [4.69, 9.17) is 10.00 Å². The predicted octanol–water partition coefficient (Wildman–Crippen LogP) is 2.95. The Hall–Kier alpha value is -2.12. The van der Waals surface area contributed by atoms with Crippen molar-refractivity contribution in [2.24, 2.45) is 0 Å². The van der Waals surface area contributed by atoms with E-state index in [1.165, 1.54) is 16.5 Å². The molecule has 4 nitrogen and oxygen atoms in total. The van der Waals surface area contributed by atoms with Gasteiger partial charge in [-0.1, -0.05) is 36.9 Å². The van der Waals surface area contributed by atoms with Crippen molar-refractivity contribution in [2.75, 3.05) is 26.3 Å². The number of hydrogen-bond donors (Lipinski definition) is 0. The summed E-state index contributed by atoms with van der Waals surface area (Å²) in [6.45, 7) is 5.57. The van der Waals surface area contributed by atoms with Crippen LogP contribution < -0.4 is 0 Å². The van der Waals surface area contributed by atoms with Crippen molar-refractivity contribution < 1.29 is 9.53 Å². The number of unbranched alkanes of at least 4 members (excludes halogenated alkanes) is 1. The fraction of sp³-hybridized carbons (Fsp3) is 0.444. The van der Waals surface area contributed by atoms with E-state index in [-0.39, 0.29) is 12.5 Å². The summed E-state index contributed by atoms with van der Waals surface area (Å²) in [7, 11) is 0. The van der Waals surface area contributed by atoms with Crippen LogP contribution in [0.2, 0.25) is 0 Å². The Balaban J connectivity index is 2.02. The van der Waals surface area contributed by atoms with E-state index in [0.717, 1.165) is 32.3 Å². The zero-order valence-corrected chi connectivity index (χ0v) is 13.0. The lowest BCUT2D eigenvalue weighted by Gasteiger charge is -2.17. The third-order valence-corrected chi connectivity index (χ3v) is 3.31. The van der Waals surface area contributed by atoms with Crippen molar-refractivity contribution in [3.05, 3.63) is 48.6 Å². The van der Waals surface area contributed by atoms with Gasteiger partial charge in [-0.15, -0.1) is 0 Å². The molecule has 4 heteroatoms. The number of benzene rings is 1. The quantitative estimate of drug-likeness (QED) is 0.359. The zero-order valence-electron chi connectivity index (χ0n) is 13.0. The fourth-order valence-electron chi connectivity index (χ4n) is 2.11. The zero-order chi connectivity index (χ0) is 16.0. The standard InChI is InChI=1S/C18H24N2O2/c1-2-18(21)20(14-12-19)13-6-7-15-22-16-8-11-17-9-4-3-5-10-17/h2-5,9-10H,1,6-8,11,13-16H2. The van der Waals surface area contributed by atoms with Gasteiger partial charge in [-0.2, -0.15) is 5.26 Å². The summed E-state index contributed by atoms with van der Waals surface area (Å²) < 4.78 is 5.60. The van der Waals surface area contributed by atoms with E-state index in [1.807, 2.05) is 24.3 Å². The molecule has 0 fully saturated rings. The molecule has 1 aromatic rings. The number of amides is 1. The van der Waals surface area contributed by atoms with Gasteiger partial charge in [-0.05, 0) is 37.3 Å². The monoisotopic (exact) mass is 300 g/mol. The van der Waals surface area contributed by atoms with Crippen LogP contribution in [0, 0.1) is 11.3 Å². The van der Waals surface area contributed by atoms with Crippen molar-refractivity contribution >= 4 is 5.91 Å². The highest BCUT2D eigenvalue weighted by molar-refractivity contribution is 5.87. The van der Waals surface area contributed by atoms with Gasteiger partial charge in [0.05, 0.1) is 6.07 Å². The molecule has 0 aliphatic heterocycles. The molecule has 0 saturated carbocycles. The number of nitriles is 1. The molecule has 118 valence electrons. The largest absolute Gasteiger partial charge is 0.381 e. The van der Waals surface area contributed by atoms with Gasteiger partial charge < -0.3 is 9.64 Å². The van der Waals surface area contributed by atoms with Crippen molar-refractivity contribution in [3.63, 3.8) is 0 Å². The minimum atomic E-state index is -0.190. The van der Waals surface area contributed by atoms with E-state index >= 15 is 0 Å². The number of carbonyl (C=O) groups is 1. The maximum Gasteiger partial charge on any atom is 0.246 e. The first-order chi connectivity index (χ1) is 10.8. The Bertz CT molecular complexity index is 480. The Morgan fingerprint density at radius 2 is 1.95 bits per heavy atom. The van der Waals surface area contributed by atoms with Gasteiger partial charge in [-0.25, -0.2) is 0 Å². The summed E-state index contributed by atoms with van der Waals surface area (Å²) in [4.78, 5) is 13.0. The second kappa shape index (κ2) is 11.5. The van der Waals surface area contributed by atoms with Gasteiger partial charge in [-0.3, -0.25) is 4.79 Å². The van der Waals surface area contributed by atoms with Crippen LogP contribution in [0.3, 0.4) is 0 Å². The average Bonchev–Trinajstić information content (AvgIpc) is 2.56. The van der Waals surface area contributed by atoms with E-state index in [1.54, 1.807) is 0 Å². The van der Waals surface area contributed by atoms with Crippen LogP contribution in [0.4, 0.5) is 0 Å². The molecule has 22 heavy (non-hydrogen) atoms. The molecule has 0 bridgehead atoms. The van der Waals surface area contributed by atoms with Gasteiger partial charge in [0.2, 0.25) is 5.91 Å². The molecule has 0 saturated heterocycles. The third kappa shape index (κ3) is 7.61. The molecule has 0 aliphatic rings. The smallest absolute Gasteiger partial charge is 0.246 e. The van der Waals surface area contributed by atoms with Crippen LogP contribution in [-0.2, 0) is 16.0 Å². The van der Waals surface area contributed by atoms with Gasteiger partial charge >= 0.3 is 0 Å². The van der Waals surface area contributed by atoms with E-state index < -0.39 is 0 Å². The minimum Gasteiger partial charge on any atom is -0.381 e. The van der Waals surface area contributed by atoms with Crippen molar-refractivity contribution in [1.29, 1.82) is 5.26 Å². The fourth-order valence-corrected chi connectivity index (χ4v) is 2.11. The Morgan fingerprint density at radius 1 is 1.23 bits per heavy atom. The first kappa shape index (κ1) is 17.9. The lowest BCUT2D eigenvalue weighted by atomic mass is 10.1. The molecule has 1 rings (SSSR count). The first-order valence-electron chi connectivity index (χ1n) is 7.68. The number of carbonyl (C=O) groups excluding carboxylic acids is 1. The highest BCUT2D eigenvalue weighted by atomic mass is 16.5. The maximum absolute atomic E-state index is 11.5. The molecule has 0 unspecified atom stereocenters. The molecular formula is C18H24N2O2. The van der Waals surface area contributed by atoms with E-state index in [9.17, 15) is 4.79 Å². The number of nitrogens with zero attached hydrogens (tertiary/aromatic N) is 2. The topological polar surface area (TPSA) is 53.3 Å². The summed E-state index contributed by atoms with van der Waals surface area (Å²) in [6.07, 6.45) is 5.01. The van der Waals surface area contributed by atoms with Crippen LogP contribution in [0.15, 0.2) is 43.0 Å². The number of rotatable bonds is 11. The normalized spacial score (nSPS) is 9.95. The SMILES string of the molecule is C=CC(=O)N(CC#N)CCCCOCCCc1ccccc1. The maximum atomic E-state index is 11.5. The number of ether oxygens (including phenoxy) is 1. The Kier molecular flexibility index (Phi) is 9.40. The van der Waals surface area contributed by atoms with Crippen molar-refractivity contribution in [3.8, 4) is 6.07 Å². The lowest BCUT2D eigenvalue weighted by Crippen LogP contribution is -2.30. The Morgan fingerprint density at radius 3 is 2.64 bits per heavy atom. The summed E-state index contributed by atoms with van der Waals surface area (Å²) in [5.74, 6) is -0.190. The average molecular weight is 300 g/mol. The molecule has 0 atom stereocenters. The van der Waals surface area contributed by atoms with Crippen molar-refractivity contribution in [2.45, 2.75) is 25.7 Å². The van der Waals surface area contributed by atoms with Crippen LogP contribution in [0.25, 0.3) is 0 Å². The Labute approximate surface area is 133 Å². The summed E-state index contributed by atoms with van der Waals surface area (Å²) in [5.41, 5.74) is 1.33. The van der Waals surface area contributed by atoms with Gasteiger partial charge in [0.1, 0.15) is 6.54 Å². The highest BCUT2D eigenvalue weighted by Gasteiger charge is 2.08. The van der Waals surface area contributed by atoms with E-state index in [0.29, 0.717) is 13.2 Å². The van der Waals surface area contributed by atoms with Gasteiger partial charge in [0.15, 0.2) is 0 Å². The van der Waals surface area contributed by atoms with Crippen LogP contribution >= 0.6 is 0 Å². The van der Waals surface area contributed by atoms with Crippen molar-refractivity contribution in [1.82, 2.24) is 4.90 Å². The number of hydrogen-bond acceptors (Lipinski definition) is 3. The molecular weight excluding hydrogens is 276 g/mol. The lowest BCUT2D eigenvalue weighted by molar-refractivity contribution is -0.125.